The summed E-state index contributed by atoms with van der Waals surface area (Å²) in [5.41, 5.74) is 0. The van der Waals surface area contributed by atoms with E-state index >= 15 is 0 Å². The van der Waals surface area contributed by atoms with Crippen LogP contribution >= 0.6 is 0 Å². The van der Waals surface area contributed by atoms with Crippen molar-refractivity contribution >= 4 is 52.0 Å². The summed E-state index contributed by atoms with van der Waals surface area (Å²) in [7, 11) is 0. The van der Waals surface area contributed by atoms with Crippen molar-refractivity contribution < 1.29 is 20.9 Å². The van der Waals surface area contributed by atoms with Crippen molar-refractivity contribution in [3.05, 3.63) is 0 Å². The summed E-state index contributed by atoms with van der Waals surface area (Å²) in [5, 5.41) is 8.25. The first-order valence-corrected chi connectivity index (χ1v) is 0.471. The summed E-state index contributed by atoms with van der Waals surface area (Å²) in [5.74, 6) is 0. The van der Waals surface area contributed by atoms with Gasteiger partial charge in [0, 0.05) is 6.47 Å². The predicted molar refractivity (Wildman–Crippen MR) is 19.0 cm³/mol. The van der Waals surface area contributed by atoms with Gasteiger partial charge >= 0.3 is 45.5 Å². The number of carbonyl (C=O) groups excluding carboxylic acids is 1. The standard InChI is InChI=1S/CH2O2.2H2O.Sr/c2-1-3;;;/h1H,(H,2,3);2*1H2;/q;;;+2/p-1. The molecule has 0 amide bonds. The summed E-state index contributed by atoms with van der Waals surface area (Å²) in [6.45, 7) is -0.500. The molecule has 4 nitrogen and oxygen atoms in total. The van der Waals surface area contributed by atoms with E-state index < -0.39 is 6.47 Å². The Morgan fingerprint density at radius 3 is 1.33 bits per heavy atom. The molecule has 0 aliphatic heterocycles. The number of rotatable bonds is 0. The minimum absolute atomic E-state index is 0. The molecule has 0 aromatic heterocycles. The second-order valence-corrected chi connectivity index (χ2v) is 0.0962. The molecule has 0 unspecified atom stereocenters. The largest absolute Gasteiger partial charge is 2.00 e. The maximum Gasteiger partial charge on any atom is 2.00 e. The summed E-state index contributed by atoms with van der Waals surface area (Å²) >= 11 is 0. The van der Waals surface area contributed by atoms with Crippen LogP contribution in [-0.4, -0.2) is 62.9 Å². The SMILES string of the molecule is O.O.O=C[O-].[Sr+2]. The van der Waals surface area contributed by atoms with Gasteiger partial charge in [-0.2, -0.15) is 0 Å². The summed E-state index contributed by atoms with van der Waals surface area (Å²) < 4.78 is 0. The van der Waals surface area contributed by atoms with E-state index in [1.807, 2.05) is 0 Å². The van der Waals surface area contributed by atoms with Crippen LogP contribution in [-0.2, 0) is 4.79 Å². The third-order valence-corrected chi connectivity index (χ3v) is 0. The van der Waals surface area contributed by atoms with Crippen LogP contribution in [0.15, 0.2) is 0 Å². The summed E-state index contributed by atoms with van der Waals surface area (Å²) in [4.78, 5) is 8.25. The van der Waals surface area contributed by atoms with E-state index in [0.29, 0.717) is 0 Å². The topological polar surface area (TPSA) is 103 Å². The van der Waals surface area contributed by atoms with E-state index in [1.54, 1.807) is 0 Å². The Labute approximate surface area is 72.0 Å². The van der Waals surface area contributed by atoms with E-state index in [9.17, 15) is 0 Å². The van der Waals surface area contributed by atoms with Gasteiger partial charge in [-0.3, -0.25) is 0 Å². The number of carboxylic acid groups (broad SMARTS) is 1. The number of hydrogen-bond acceptors (Lipinski definition) is 2. The Morgan fingerprint density at radius 1 is 1.33 bits per heavy atom. The Balaban J connectivity index is -0.00000000667. The van der Waals surface area contributed by atoms with Gasteiger partial charge in [0.05, 0.1) is 0 Å². The molecule has 6 heavy (non-hydrogen) atoms. The van der Waals surface area contributed by atoms with E-state index in [2.05, 4.69) is 0 Å². The van der Waals surface area contributed by atoms with Crippen molar-refractivity contribution in [1.29, 1.82) is 0 Å². The van der Waals surface area contributed by atoms with Crippen molar-refractivity contribution in [2.45, 2.75) is 0 Å². The number of hydrogen-bond donors (Lipinski definition) is 0. The number of carbonyl (C=O) groups is 1. The Kier molecular flexibility index (Phi) is 191. The molecule has 0 saturated carbocycles. The van der Waals surface area contributed by atoms with Gasteiger partial charge in [-0.05, 0) is 0 Å². The first-order chi connectivity index (χ1) is 1.41. The van der Waals surface area contributed by atoms with Gasteiger partial charge in [0.1, 0.15) is 0 Å². The molecule has 0 aliphatic rings. The van der Waals surface area contributed by atoms with Gasteiger partial charge < -0.3 is 20.9 Å². The Hall–Kier alpha value is 0.871. The van der Waals surface area contributed by atoms with E-state index in [0.717, 1.165) is 0 Å². The van der Waals surface area contributed by atoms with Gasteiger partial charge in [0.2, 0.25) is 0 Å². The van der Waals surface area contributed by atoms with Crippen LogP contribution in [0.2, 0.25) is 0 Å². The molecule has 0 aromatic carbocycles. The molecule has 0 aliphatic carbocycles. The fraction of sp³-hybridized carbons (Fsp3) is 0. The fourth-order valence-electron chi connectivity index (χ4n) is 0. The maximum absolute atomic E-state index is 8.25. The Morgan fingerprint density at radius 2 is 1.33 bits per heavy atom. The summed E-state index contributed by atoms with van der Waals surface area (Å²) in [6, 6.07) is 0. The van der Waals surface area contributed by atoms with Crippen molar-refractivity contribution in [3.63, 3.8) is 0 Å². The van der Waals surface area contributed by atoms with Crippen molar-refractivity contribution in [2.75, 3.05) is 0 Å². The van der Waals surface area contributed by atoms with Crippen LogP contribution in [0.4, 0.5) is 0 Å². The Bertz CT molecular complexity index is 15.0. The van der Waals surface area contributed by atoms with Gasteiger partial charge in [0.15, 0.2) is 0 Å². The smallest absolute Gasteiger partial charge is 0.554 e. The second-order valence-electron chi connectivity index (χ2n) is 0.0962. The first-order valence-electron chi connectivity index (χ1n) is 0.471. The molecule has 0 bridgehead atoms. The van der Waals surface area contributed by atoms with E-state index in [-0.39, 0.29) is 56.4 Å². The molecular formula is CH5O4Sr+. The minimum Gasteiger partial charge on any atom is -0.554 e. The van der Waals surface area contributed by atoms with E-state index in [4.69, 9.17) is 9.90 Å². The molecule has 0 saturated heterocycles. The second kappa shape index (κ2) is 39.8. The molecular weight excluding hydrogens is 164 g/mol. The van der Waals surface area contributed by atoms with Gasteiger partial charge in [-0.25, -0.2) is 0 Å². The fourth-order valence-corrected chi connectivity index (χ4v) is 0. The normalized spacial score (nSPS) is 2.00. The minimum atomic E-state index is -0.500. The average molecular weight is 169 g/mol. The molecule has 0 fully saturated rings. The molecule has 4 N–H and O–H groups in total. The van der Waals surface area contributed by atoms with Gasteiger partial charge in [0.25, 0.3) is 0 Å². The van der Waals surface area contributed by atoms with Crippen LogP contribution in [0.25, 0.3) is 0 Å². The molecule has 5 heteroatoms. The van der Waals surface area contributed by atoms with Crippen LogP contribution in [0.3, 0.4) is 0 Å². The van der Waals surface area contributed by atoms with E-state index in [1.165, 1.54) is 0 Å². The van der Waals surface area contributed by atoms with Crippen molar-refractivity contribution in [2.24, 2.45) is 0 Å². The predicted octanol–water partition coefficient (Wildman–Crippen LogP) is -3.66. The third kappa shape index (κ3) is 96.3. The van der Waals surface area contributed by atoms with Crippen molar-refractivity contribution in [1.82, 2.24) is 0 Å². The monoisotopic (exact) mass is 169 g/mol. The quantitative estimate of drug-likeness (QED) is 0.275. The zero-order valence-electron chi connectivity index (χ0n) is 3.10. The maximum atomic E-state index is 8.25. The molecule has 0 heterocycles. The molecule has 0 radical (unpaired) electrons. The molecule has 0 rings (SSSR count). The van der Waals surface area contributed by atoms with Crippen LogP contribution in [0, 0.1) is 0 Å². The zero-order chi connectivity index (χ0) is 2.71. The molecule has 0 spiro atoms. The summed E-state index contributed by atoms with van der Waals surface area (Å²) in [6.07, 6.45) is 0. The van der Waals surface area contributed by atoms with Gasteiger partial charge in [-0.1, -0.05) is 0 Å². The zero-order valence-corrected chi connectivity index (χ0v) is 6.58. The van der Waals surface area contributed by atoms with Crippen LogP contribution in [0.1, 0.15) is 0 Å². The van der Waals surface area contributed by atoms with Crippen molar-refractivity contribution in [3.8, 4) is 0 Å². The van der Waals surface area contributed by atoms with Gasteiger partial charge in [-0.15, -0.1) is 0 Å². The molecule has 0 atom stereocenters. The van der Waals surface area contributed by atoms with Crippen LogP contribution < -0.4 is 5.11 Å². The van der Waals surface area contributed by atoms with Crippen LogP contribution in [0.5, 0.6) is 0 Å². The third-order valence-electron chi connectivity index (χ3n) is 0. The average Bonchev–Trinajstić information content (AvgIpc) is 0.918. The molecule has 34 valence electrons. The first kappa shape index (κ1) is 28.7. The molecule has 0 aromatic rings.